The maximum atomic E-state index is 6.43. The van der Waals surface area contributed by atoms with Gasteiger partial charge < -0.3 is 55.3 Å². The molecule has 1 fully saturated rings. The number of unbranched alkanes of at least 4 members (excludes halogenated alkanes) is 1. The summed E-state index contributed by atoms with van der Waals surface area (Å²) in [6.45, 7) is 30.3. The molecule has 0 spiro atoms. The minimum atomic E-state index is 0.190. The van der Waals surface area contributed by atoms with Crippen LogP contribution in [0.2, 0.25) is 0 Å². The van der Waals surface area contributed by atoms with Crippen molar-refractivity contribution in [1.29, 1.82) is 0 Å². The Labute approximate surface area is 327 Å². The molecule has 0 amide bonds. The molecule has 0 aromatic rings. The fourth-order valence-electron chi connectivity index (χ4n) is 8.12. The average Bonchev–Trinajstić information content (AvgIpc) is 3.91. The van der Waals surface area contributed by atoms with Crippen molar-refractivity contribution in [3.63, 3.8) is 0 Å². The quantitative estimate of drug-likeness (QED) is 0.0275. The Bertz CT molecular complexity index is 821. The summed E-state index contributed by atoms with van der Waals surface area (Å²) in [5.41, 5.74) is 40.3. The van der Waals surface area contributed by atoms with E-state index < -0.39 is 0 Å². The van der Waals surface area contributed by atoms with Crippen LogP contribution in [0.3, 0.4) is 0 Å². The van der Waals surface area contributed by atoms with Crippen molar-refractivity contribution < 1.29 is 0 Å². The molecule has 14 nitrogen and oxygen atoms in total. The Balaban J connectivity index is 2.83. The third-order valence-corrected chi connectivity index (χ3v) is 11.8. The smallest absolute Gasteiger partial charge is 0.0259 e. The number of nitrogens with one attached hydrogen (secondary N) is 4. The van der Waals surface area contributed by atoms with Gasteiger partial charge in [-0.15, -0.1) is 0 Å². The van der Waals surface area contributed by atoms with Crippen molar-refractivity contribution in [2.45, 2.75) is 72.6 Å². The first-order valence-corrected chi connectivity index (χ1v) is 21.7. The summed E-state index contributed by atoms with van der Waals surface area (Å²) in [7, 11) is 0. The van der Waals surface area contributed by atoms with Crippen molar-refractivity contribution in [2.24, 2.45) is 57.1 Å². The summed E-state index contributed by atoms with van der Waals surface area (Å²) in [6.07, 6.45) is 8.45. The van der Waals surface area contributed by atoms with Crippen molar-refractivity contribution in [3.8, 4) is 0 Å². The fourth-order valence-corrected chi connectivity index (χ4v) is 8.12. The molecule has 318 valence electrons. The number of hydrogen-bond acceptors (Lipinski definition) is 14. The second kappa shape index (κ2) is 31.5. The van der Waals surface area contributed by atoms with Gasteiger partial charge >= 0.3 is 0 Å². The van der Waals surface area contributed by atoms with Crippen LogP contribution in [-0.4, -0.2) is 177 Å². The van der Waals surface area contributed by atoms with Crippen LogP contribution in [0.4, 0.5) is 0 Å². The first-order valence-electron chi connectivity index (χ1n) is 21.7. The summed E-state index contributed by atoms with van der Waals surface area (Å²) in [6, 6.07) is 0. The highest BCUT2D eigenvalue weighted by Gasteiger charge is 2.48. The van der Waals surface area contributed by atoms with Crippen molar-refractivity contribution in [1.82, 2.24) is 41.1 Å². The van der Waals surface area contributed by atoms with Gasteiger partial charge in [-0.05, 0) is 61.4 Å². The van der Waals surface area contributed by atoms with E-state index in [1.54, 1.807) is 0 Å². The van der Waals surface area contributed by atoms with Gasteiger partial charge in [0.25, 0.3) is 0 Å². The molecule has 1 rings (SSSR count). The van der Waals surface area contributed by atoms with E-state index in [2.05, 4.69) is 68.8 Å². The summed E-state index contributed by atoms with van der Waals surface area (Å²) in [4.78, 5) is 7.74. The minimum absolute atomic E-state index is 0.190. The Morgan fingerprint density at radius 1 is 0.566 bits per heavy atom. The average molecular weight is 757 g/mol. The molecule has 1 aliphatic carbocycles. The zero-order chi connectivity index (χ0) is 39.2. The molecule has 0 radical (unpaired) electrons. The predicted molar refractivity (Wildman–Crippen MR) is 229 cm³/mol. The lowest BCUT2D eigenvalue weighted by molar-refractivity contribution is 0.132. The topological polar surface area (TPSA) is 217 Å². The molecule has 0 aliphatic heterocycles. The lowest BCUT2D eigenvalue weighted by atomic mass is 9.78. The summed E-state index contributed by atoms with van der Waals surface area (Å²) >= 11 is 0. The lowest BCUT2D eigenvalue weighted by Gasteiger charge is -2.38. The number of hydrazine groups is 1. The Hall–Kier alpha value is -0.560. The molecular formula is C39H92N14. The molecule has 0 aromatic carbocycles. The predicted octanol–water partition coefficient (Wildman–Crippen LogP) is -0.751. The van der Waals surface area contributed by atoms with Crippen LogP contribution >= 0.6 is 0 Å². The summed E-state index contributed by atoms with van der Waals surface area (Å²) in [5.74, 6) is 1.55. The van der Waals surface area contributed by atoms with Crippen molar-refractivity contribution in [2.75, 3.05) is 157 Å². The van der Waals surface area contributed by atoms with Crippen molar-refractivity contribution in [3.05, 3.63) is 0 Å². The van der Waals surface area contributed by atoms with Crippen LogP contribution in [-0.2, 0) is 0 Å². The SMILES string of the molecule is CCCCC(CN)(CCC)CN(CCN)CCNCCN(CCNCCN)CCN(CCNCC(CC)(CN)C1CC1C)CCN(CCN)NCCN. The highest BCUT2D eigenvalue weighted by Crippen LogP contribution is 2.51. The monoisotopic (exact) mass is 757 g/mol. The lowest BCUT2D eigenvalue weighted by Crippen LogP contribution is -2.50. The normalized spacial score (nSPS) is 18.5. The summed E-state index contributed by atoms with van der Waals surface area (Å²) < 4.78 is 0. The molecule has 0 aromatic heterocycles. The molecule has 14 heteroatoms. The van der Waals surface area contributed by atoms with E-state index in [4.69, 9.17) is 34.4 Å². The third-order valence-electron chi connectivity index (χ3n) is 11.8. The van der Waals surface area contributed by atoms with Gasteiger partial charge in [-0.25, -0.2) is 5.01 Å². The van der Waals surface area contributed by atoms with E-state index in [1.165, 1.54) is 38.5 Å². The molecule has 53 heavy (non-hydrogen) atoms. The van der Waals surface area contributed by atoms with Gasteiger partial charge in [0.15, 0.2) is 0 Å². The second-order valence-corrected chi connectivity index (χ2v) is 16.0. The molecule has 1 saturated carbocycles. The van der Waals surface area contributed by atoms with E-state index in [-0.39, 0.29) is 10.8 Å². The highest BCUT2D eigenvalue weighted by molar-refractivity contribution is 4.99. The van der Waals surface area contributed by atoms with Gasteiger partial charge in [0.2, 0.25) is 0 Å². The minimum Gasteiger partial charge on any atom is -0.330 e. The van der Waals surface area contributed by atoms with E-state index in [1.807, 2.05) is 0 Å². The fraction of sp³-hybridized carbons (Fsp3) is 1.00. The Morgan fingerprint density at radius 2 is 1.13 bits per heavy atom. The van der Waals surface area contributed by atoms with Gasteiger partial charge in [-0.2, -0.15) is 0 Å². The zero-order valence-electron chi connectivity index (χ0n) is 35.3. The number of nitrogens with zero attached hydrogens (tertiary/aromatic N) is 4. The van der Waals surface area contributed by atoms with E-state index >= 15 is 0 Å². The molecule has 1 aliphatic rings. The largest absolute Gasteiger partial charge is 0.330 e. The molecule has 0 bridgehead atoms. The van der Waals surface area contributed by atoms with Crippen LogP contribution in [0.25, 0.3) is 0 Å². The van der Waals surface area contributed by atoms with E-state index in [9.17, 15) is 0 Å². The maximum Gasteiger partial charge on any atom is 0.0259 e. The van der Waals surface area contributed by atoms with Gasteiger partial charge in [0.1, 0.15) is 0 Å². The number of rotatable bonds is 40. The molecule has 16 N–H and O–H groups in total. The van der Waals surface area contributed by atoms with E-state index in [0.717, 1.165) is 149 Å². The number of nitrogens with two attached hydrogens (primary N) is 6. The molecule has 0 heterocycles. The molecule has 0 saturated heterocycles. The Kier molecular flexibility index (Phi) is 30.0. The number of hydrogen-bond donors (Lipinski definition) is 10. The molecular weight excluding hydrogens is 665 g/mol. The third kappa shape index (κ3) is 21.5. The zero-order valence-corrected chi connectivity index (χ0v) is 35.3. The second-order valence-electron chi connectivity index (χ2n) is 16.0. The van der Waals surface area contributed by atoms with Crippen molar-refractivity contribution >= 4 is 0 Å². The van der Waals surface area contributed by atoms with Crippen LogP contribution < -0.4 is 55.8 Å². The van der Waals surface area contributed by atoms with Crippen LogP contribution in [0.1, 0.15) is 72.6 Å². The first-order chi connectivity index (χ1) is 25.8. The standard InChI is InChI=1S/C39H92N14/c1-5-8-10-38(32-44,9-6-2)35-52(21-13-42)26-19-47-18-24-50(23-17-46-15-11-40)27-28-51(29-30-53(22-14-43)49-16-12-41)25-20-48-34-39(7-3,33-45)37-31-36(37)4/h36-37,46-49H,5-35,40-45H2,1-4H3. The van der Waals surface area contributed by atoms with Crippen LogP contribution in [0.5, 0.6) is 0 Å². The van der Waals surface area contributed by atoms with Gasteiger partial charge in [-0.1, -0.05) is 47.0 Å². The Morgan fingerprint density at radius 3 is 1.64 bits per heavy atom. The van der Waals surface area contributed by atoms with Crippen LogP contribution in [0.15, 0.2) is 0 Å². The van der Waals surface area contributed by atoms with Gasteiger partial charge in [0, 0.05) is 144 Å². The van der Waals surface area contributed by atoms with Gasteiger partial charge in [0.05, 0.1) is 0 Å². The first kappa shape index (κ1) is 50.5. The van der Waals surface area contributed by atoms with E-state index in [0.29, 0.717) is 26.2 Å². The maximum absolute atomic E-state index is 6.43. The summed E-state index contributed by atoms with van der Waals surface area (Å²) in [5, 5.41) is 13.3. The molecule has 4 atom stereocenters. The van der Waals surface area contributed by atoms with Gasteiger partial charge in [-0.3, -0.25) is 15.2 Å². The highest BCUT2D eigenvalue weighted by atomic mass is 15.5. The molecule has 4 unspecified atom stereocenters. The van der Waals surface area contributed by atoms with Crippen LogP contribution in [0, 0.1) is 22.7 Å².